The predicted octanol–water partition coefficient (Wildman–Crippen LogP) is 2.35. The maximum absolute atomic E-state index is 12.7. The van der Waals surface area contributed by atoms with E-state index < -0.39 is 22.2 Å². The first-order chi connectivity index (χ1) is 6.56. The monoisotopic (exact) mass is 219 g/mol. The third kappa shape index (κ3) is 2.20. The highest BCUT2D eigenvalue weighted by atomic mass is 32.1. The van der Waals surface area contributed by atoms with Crippen LogP contribution in [0.3, 0.4) is 0 Å². The molecule has 6 heteroatoms. The van der Waals surface area contributed by atoms with E-state index in [1.54, 1.807) is 0 Å². The van der Waals surface area contributed by atoms with E-state index in [1.165, 1.54) is 0 Å². The second-order valence-electron chi connectivity index (χ2n) is 2.63. The summed E-state index contributed by atoms with van der Waals surface area (Å²) in [5.41, 5.74) is -0.248. The average molecular weight is 219 g/mol. The van der Waals surface area contributed by atoms with Crippen molar-refractivity contribution in [2.45, 2.75) is 6.42 Å². The smallest absolute Gasteiger partial charge is 0.258 e. The zero-order chi connectivity index (χ0) is 10.7. The number of thiol groups is 1. The molecule has 0 saturated carbocycles. The van der Waals surface area contributed by atoms with Crippen molar-refractivity contribution in [1.82, 2.24) is 0 Å². The molecule has 0 aromatic heterocycles. The summed E-state index contributed by atoms with van der Waals surface area (Å²) in [7, 11) is 0. The summed E-state index contributed by atoms with van der Waals surface area (Å²) in [5.74, 6) is -1.95. The van der Waals surface area contributed by atoms with Crippen molar-refractivity contribution >= 4 is 18.3 Å². The first-order valence-electron chi connectivity index (χ1n) is 3.79. The molecule has 0 atom stereocenters. The summed E-state index contributed by atoms with van der Waals surface area (Å²) in [6.07, 6.45) is 0.233. The summed E-state index contributed by atoms with van der Waals surface area (Å²) in [6, 6.07) is 1.43. The molecule has 1 rings (SSSR count). The van der Waals surface area contributed by atoms with Gasteiger partial charge in [0.15, 0.2) is 11.6 Å². The van der Waals surface area contributed by atoms with Crippen molar-refractivity contribution in [3.05, 3.63) is 39.4 Å². The Kier molecular flexibility index (Phi) is 3.40. The standard InChI is InChI=1S/C8H7F2NO2S/c9-6-3-5(1-2-14)8(11(12)13)4-7(6)10/h3-4,14H,1-2H2. The lowest BCUT2D eigenvalue weighted by Gasteiger charge is -2.01. The maximum Gasteiger partial charge on any atom is 0.275 e. The molecule has 0 heterocycles. The molecule has 0 saturated heterocycles. The molecule has 0 aliphatic heterocycles. The minimum atomic E-state index is -1.21. The van der Waals surface area contributed by atoms with Gasteiger partial charge in [0, 0.05) is 5.56 Å². The van der Waals surface area contributed by atoms with Gasteiger partial charge in [-0.3, -0.25) is 10.1 Å². The van der Waals surface area contributed by atoms with Gasteiger partial charge >= 0.3 is 0 Å². The Bertz CT molecular complexity index is 371. The van der Waals surface area contributed by atoms with E-state index in [-0.39, 0.29) is 12.0 Å². The summed E-state index contributed by atoms with van der Waals surface area (Å²) in [6.45, 7) is 0. The first-order valence-corrected chi connectivity index (χ1v) is 4.42. The Hall–Kier alpha value is -1.17. The highest BCUT2D eigenvalue weighted by Gasteiger charge is 2.17. The fraction of sp³-hybridized carbons (Fsp3) is 0.250. The zero-order valence-electron chi connectivity index (χ0n) is 7.04. The van der Waals surface area contributed by atoms with Crippen LogP contribution in [0.4, 0.5) is 14.5 Å². The van der Waals surface area contributed by atoms with Gasteiger partial charge in [0.05, 0.1) is 11.0 Å². The van der Waals surface area contributed by atoms with Crippen LogP contribution in [-0.2, 0) is 6.42 Å². The molecular weight excluding hydrogens is 212 g/mol. The van der Waals surface area contributed by atoms with Crippen LogP contribution in [0.1, 0.15) is 5.56 Å². The highest BCUT2D eigenvalue weighted by Crippen LogP contribution is 2.22. The number of nitro benzene ring substituents is 1. The van der Waals surface area contributed by atoms with Crippen LogP contribution in [0.25, 0.3) is 0 Å². The number of nitrogens with zero attached hydrogens (tertiary/aromatic N) is 1. The maximum atomic E-state index is 12.7. The second-order valence-corrected chi connectivity index (χ2v) is 3.07. The number of hydrogen-bond donors (Lipinski definition) is 1. The Balaban J connectivity index is 3.24. The summed E-state index contributed by atoms with van der Waals surface area (Å²) < 4.78 is 25.4. The third-order valence-corrected chi connectivity index (χ3v) is 1.92. The predicted molar refractivity (Wildman–Crippen MR) is 50.6 cm³/mol. The molecule has 0 aliphatic carbocycles. The van der Waals surface area contributed by atoms with Crippen LogP contribution in [0.2, 0.25) is 0 Å². The molecule has 0 amide bonds. The molecule has 1 aromatic rings. The molecule has 0 radical (unpaired) electrons. The van der Waals surface area contributed by atoms with Crippen LogP contribution in [-0.4, -0.2) is 10.7 Å². The number of rotatable bonds is 3. The van der Waals surface area contributed by atoms with E-state index in [2.05, 4.69) is 12.6 Å². The average Bonchev–Trinajstić information content (AvgIpc) is 2.11. The summed E-state index contributed by atoms with van der Waals surface area (Å²) in [4.78, 5) is 9.72. The Morgan fingerprint density at radius 3 is 2.43 bits per heavy atom. The highest BCUT2D eigenvalue weighted by molar-refractivity contribution is 7.80. The Morgan fingerprint density at radius 2 is 1.93 bits per heavy atom. The molecule has 0 fully saturated rings. The van der Waals surface area contributed by atoms with Crippen molar-refractivity contribution < 1.29 is 13.7 Å². The van der Waals surface area contributed by atoms with E-state index in [0.717, 1.165) is 6.07 Å². The second kappa shape index (κ2) is 4.36. The van der Waals surface area contributed by atoms with Gasteiger partial charge in [-0.15, -0.1) is 0 Å². The Labute approximate surface area is 84.3 Å². The molecule has 3 nitrogen and oxygen atoms in total. The van der Waals surface area contributed by atoms with Gasteiger partial charge in [-0.1, -0.05) is 0 Å². The molecule has 0 N–H and O–H groups in total. The quantitative estimate of drug-likeness (QED) is 0.481. The molecule has 0 aliphatic rings. The Morgan fingerprint density at radius 1 is 1.36 bits per heavy atom. The molecule has 1 aromatic carbocycles. The largest absolute Gasteiger partial charge is 0.275 e. The van der Waals surface area contributed by atoms with Gasteiger partial charge in [-0.05, 0) is 18.2 Å². The van der Waals surface area contributed by atoms with Gasteiger partial charge in [0.2, 0.25) is 0 Å². The van der Waals surface area contributed by atoms with Crippen molar-refractivity contribution in [3.63, 3.8) is 0 Å². The van der Waals surface area contributed by atoms with Crippen LogP contribution >= 0.6 is 12.6 Å². The SMILES string of the molecule is O=[N+]([O-])c1cc(F)c(F)cc1CCS. The van der Waals surface area contributed by atoms with Crippen LogP contribution in [0, 0.1) is 21.7 Å². The van der Waals surface area contributed by atoms with Gasteiger partial charge in [0.25, 0.3) is 5.69 Å². The van der Waals surface area contributed by atoms with Crippen LogP contribution in [0.15, 0.2) is 12.1 Å². The van der Waals surface area contributed by atoms with E-state index in [0.29, 0.717) is 11.8 Å². The van der Waals surface area contributed by atoms with Crippen molar-refractivity contribution in [2.24, 2.45) is 0 Å². The van der Waals surface area contributed by atoms with Gasteiger partial charge in [-0.2, -0.15) is 12.6 Å². The molecule has 14 heavy (non-hydrogen) atoms. The molecular formula is C8H7F2NO2S. The van der Waals surface area contributed by atoms with Crippen molar-refractivity contribution in [3.8, 4) is 0 Å². The van der Waals surface area contributed by atoms with Crippen molar-refractivity contribution in [2.75, 3.05) is 5.75 Å². The van der Waals surface area contributed by atoms with E-state index >= 15 is 0 Å². The molecule has 0 spiro atoms. The van der Waals surface area contributed by atoms with Gasteiger partial charge in [0.1, 0.15) is 0 Å². The molecule has 0 bridgehead atoms. The number of hydrogen-bond acceptors (Lipinski definition) is 3. The number of halogens is 2. The third-order valence-electron chi connectivity index (χ3n) is 1.70. The number of benzene rings is 1. The minimum Gasteiger partial charge on any atom is -0.258 e. The molecule has 76 valence electrons. The van der Waals surface area contributed by atoms with Gasteiger partial charge < -0.3 is 0 Å². The van der Waals surface area contributed by atoms with Crippen LogP contribution in [0.5, 0.6) is 0 Å². The zero-order valence-corrected chi connectivity index (χ0v) is 7.93. The first kappa shape index (κ1) is 10.9. The number of aryl methyl sites for hydroxylation is 1. The number of nitro groups is 1. The lowest BCUT2D eigenvalue weighted by Crippen LogP contribution is -1.99. The minimum absolute atomic E-state index is 0.156. The lowest BCUT2D eigenvalue weighted by atomic mass is 10.1. The van der Waals surface area contributed by atoms with E-state index in [9.17, 15) is 18.9 Å². The van der Waals surface area contributed by atoms with Gasteiger partial charge in [-0.25, -0.2) is 8.78 Å². The fourth-order valence-electron chi connectivity index (χ4n) is 1.07. The topological polar surface area (TPSA) is 43.1 Å². The summed E-state index contributed by atoms with van der Waals surface area (Å²) >= 11 is 3.87. The lowest BCUT2D eigenvalue weighted by molar-refractivity contribution is -0.385. The van der Waals surface area contributed by atoms with E-state index in [4.69, 9.17) is 0 Å². The normalized spacial score (nSPS) is 10.2. The van der Waals surface area contributed by atoms with E-state index in [1.807, 2.05) is 0 Å². The summed E-state index contributed by atoms with van der Waals surface area (Å²) in [5, 5.41) is 10.5. The van der Waals surface area contributed by atoms with Crippen LogP contribution < -0.4 is 0 Å². The molecule has 0 unspecified atom stereocenters. The van der Waals surface area contributed by atoms with Crippen molar-refractivity contribution in [1.29, 1.82) is 0 Å². The fourth-order valence-corrected chi connectivity index (χ4v) is 1.31.